The van der Waals surface area contributed by atoms with Crippen molar-refractivity contribution in [1.29, 1.82) is 0 Å². The number of phenols is 1. The molecule has 4 heterocycles. The molecule has 0 aliphatic carbocycles. The second kappa shape index (κ2) is 32.4. The zero-order chi connectivity index (χ0) is 72.2. The Kier molecular flexibility index (Phi) is 23.6. The van der Waals surface area contributed by atoms with Gasteiger partial charge in [-0.15, -0.1) is 0 Å². The molecular weight excluding hydrogens is 1320 g/mol. The molecule has 3 aliphatic heterocycles. The summed E-state index contributed by atoms with van der Waals surface area (Å²) in [6, 6.07) is 27.9. The van der Waals surface area contributed by atoms with E-state index in [0.29, 0.717) is 0 Å². The maximum atomic E-state index is 15.8. The van der Waals surface area contributed by atoms with E-state index < -0.39 is 216 Å². The number of aromatic hydroxyl groups is 1. The topological polar surface area (TPSA) is 395 Å². The molecule has 0 bridgehead atoms. The number of carbonyl (C=O) groups excluding carboxylic acids is 11. The molecule has 31 nitrogen and oxygen atoms in total. The molecule has 31 heteroatoms. The molecule has 0 unspecified atom stereocenters. The van der Waals surface area contributed by atoms with Crippen LogP contribution in [0, 0.1) is 0 Å². The molecule has 6 aromatic rings. The van der Waals surface area contributed by atoms with E-state index in [1.807, 2.05) is 0 Å². The second-order valence-corrected chi connectivity index (χ2v) is 22.5. The zero-order valence-electron chi connectivity index (χ0n) is 54.7. The van der Waals surface area contributed by atoms with Gasteiger partial charge in [-0.3, -0.25) is 43.2 Å². The Labute approximate surface area is 567 Å². The molecule has 0 amide bonds. The third-order valence-corrected chi connectivity index (χ3v) is 14.8. The summed E-state index contributed by atoms with van der Waals surface area (Å²) in [7, 11) is 0. The number of esters is 11. The molecule has 3 fully saturated rings. The Morgan fingerprint density at radius 3 is 1.48 bits per heavy atom. The van der Waals surface area contributed by atoms with Crippen molar-refractivity contribution in [2.24, 2.45) is 0 Å². The standard InChI is InChI=1S/C69H66O31/c1-32-54(96-64(80)41-19-13-10-14-20-41)59(97-65(81)42-21-15-11-16-22-42)63(98-66(82)43-23-17-12-18-24-43)68(85-32)100-61-57(90-38(7)75)50(88-36(5)73)31-84-67(61)99-58-53(79)52-48(87-35(4)72)28-45(29-49(52)94-55(58)44-25-26-47(46(78)27-44)86-34(3)71)93-69-62(92-40(9)77)60(91-39(8)76)56(89-37(6)74)51(95-69)30-83-33(2)70/h10-29,32,50-51,54,56-57,59-63,67-69,78H,30-31H2,1-9H3/t32-,50-,51+,54-,56+,57-,59+,60-,61+,62+,63+,67-,68-,69+/m0/s1. The average Bonchev–Trinajstić information content (AvgIpc) is 0.757. The van der Waals surface area contributed by atoms with Crippen molar-refractivity contribution in [3.8, 4) is 40.1 Å². The van der Waals surface area contributed by atoms with Crippen LogP contribution in [-0.2, 0) is 99.9 Å². The zero-order valence-corrected chi connectivity index (χ0v) is 54.7. The Bertz CT molecular complexity index is 4120. The van der Waals surface area contributed by atoms with Crippen LogP contribution in [0.5, 0.6) is 28.7 Å². The molecule has 0 spiro atoms. The summed E-state index contributed by atoms with van der Waals surface area (Å²) >= 11 is 0. The fourth-order valence-corrected chi connectivity index (χ4v) is 10.9. The summed E-state index contributed by atoms with van der Waals surface area (Å²) in [5, 5.41) is 10.7. The minimum absolute atomic E-state index is 0.0176. The summed E-state index contributed by atoms with van der Waals surface area (Å²) in [5.74, 6) is -14.5. The normalized spacial score (nSPS) is 23.9. The maximum Gasteiger partial charge on any atom is 0.338 e. The van der Waals surface area contributed by atoms with Crippen LogP contribution >= 0.6 is 0 Å². The Morgan fingerprint density at radius 2 is 0.950 bits per heavy atom. The van der Waals surface area contributed by atoms with Crippen LogP contribution in [0.1, 0.15) is 93.4 Å². The van der Waals surface area contributed by atoms with Crippen molar-refractivity contribution in [2.75, 3.05) is 13.2 Å². The molecule has 9 rings (SSSR count). The number of rotatable bonds is 22. The fraction of sp³-hybridized carbons (Fsp3) is 0.362. The van der Waals surface area contributed by atoms with Crippen LogP contribution in [0.25, 0.3) is 22.3 Å². The number of hydrogen-bond donors (Lipinski definition) is 1. The number of phenolic OH excluding ortho intramolecular Hbond substituents is 1. The van der Waals surface area contributed by atoms with Gasteiger partial charge < -0.3 is 90.1 Å². The van der Waals surface area contributed by atoms with E-state index in [2.05, 4.69) is 0 Å². The van der Waals surface area contributed by atoms with Crippen molar-refractivity contribution in [3.05, 3.63) is 148 Å². The molecule has 14 atom stereocenters. The molecule has 3 aliphatic rings. The lowest BCUT2D eigenvalue weighted by atomic mass is 9.97. The number of carbonyl (C=O) groups is 11. The van der Waals surface area contributed by atoms with Gasteiger partial charge in [-0.05, 0) is 61.5 Å². The number of fused-ring (bicyclic) bond motifs is 1. The van der Waals surface area contributed by atoms with Crippen molar-refractivity contribution in [2.45, 2.75) is 148 Å². The van der Waals surface area contributed by atoms with Gasteiger partial charge in [0.25, 0.3) is 0 Å². The first kappa shape index (κ1) is 73.0. The highest BCUT2D eigenvalue weighted by atomic mass is 16.8. The van der Waals surface area contributed by atoms with Crippen LogP contribution in [0.4, 0.5) is 0 Å². The van der Waals surface area contributed by atoms with E-state index in [4.69, 9.17) is 84.9 Å². The Morgan fingerprint density at radius 1 is 0.460 bits per heavy atom. The van der Waals surface area contributed by atoms with Crippen LogP contribution in [-0.4, -0.2) is 170 Å². The van der Waals surface area contributed by atoms with Gasteiger partial charge in [-0.1, -0.05) is 54.6 Å². The summed E-state index contributed by atoms with van der Waals surface area (Å²) in [4.78, 5) is 160. The predicted molar refractivity (Wildman–Crippen MR) is 332 cm³/mol. The van der Waals surface area contributed by atoms with Crippen molar-refractivity contribution in [1.82, 2.24) is 0 Å². The Balaban J connectivity index is 1.22. The van der Waals surface area contributed by atoms with Crippen LogP contribution < -0.4 is 24.4 Å². The summed E-state index contributed by atoms with van der Waals surface area (Å²) < 4.78 is 108. The molecule has 1 aromatic heterocycles. The molecular formula is C69H66O31. The van der Waals surface area contributed by atoms with Gasteiger partial charge in [-0.2, -0.15) is 0 Å². The maximum absolute atomic E-state index is 15.8. The highest BCUT2D eigenvalue weighted by Crippen LogP contribution is 2.43. The van der Waals surface area contributed by atoms with Crippen molar-refractivity contribution < 1.29 is 143 Å². The SMILES string of the molecule is CC(=O)OC[C@H]1O[C@@H](Oc2cc(OC(C)=O)c3c(=O)c(O[C@@H]4OC[C@H](OC(C)=O)[C@H](OC(C)=O)[C@H]4O[C@@H]4O[C@@H](C)[C@H](OC(=O)c5ccccc5)[C@@H](OC(=O)c5ccccc5)[C@H]4OC(=O)c4ccccc4)c(-c4ccc(OC(C)=O)c(O)c4)oc3c2)[C@H](OC(C)=O)[C@@H](OC(C)=O)[C@@H]1OC(C)=O. The molecule has 528 valence electrons. The summed E-state index contributed by atoms with van der Waals surface area (Å²) in [6.07, 6.45) is -25.4. The first-order valence-corrected chi connectivity index (χ1v) is 30.7. The van der Waals surface area contributed by atoms with Crippen LogP contribution in [0.3, 0.4) is 0 Å². The van der Waals surface area contributed by atoms with E-state index in [-0.39, 0.29) is 22.3 Å². The van der Waals surface area contributed by atoms with Gasteiger partial charge in [0, 0.05) is 73.1 Å². The average molecular weight is 1390 g/mol. The molecule has 0 radical (unpaired) electrons. The van der Waals surface area contributed by atoms with E-state index in [9.17, 15) is 57.8 Å². The smallest absolute Gasteiger partial charge is 0.338 e. The lowest BCUT2D eigenvalue weighted by Gasteiger charge is -2.47. The lowest BCUT2D eigenvalue weighted by Crippen LogP contribution is -2.65. The van der Waals surface area contributed by atoms with Gasteiger partial charge >= 0.3 is 65.7 Å². The van der Waals surface area contributed by atoms with E-state index >= 15 is 4.79 Å². The molecule has 5 aromatic carbocycles. The predicted octanol–water partition coefficient (Wildman–Crippen LogP) is 5.88. The third kappa shape index (κ3) is 18.1. The highest BCUT2D eigenvalue weighted by molar-refractivity contribution is 5.93. The number of benzene rings is 5. The Hall–Kier alpha value is -11.3. The second-order valence-electron chi connectivity index (χ2n) is 22.5. The first-order chi connectivity index (χ1) is 47.6. The fourth-order valence-electron chi connectivity index (χ4n) is 10.9. The van der Waals surface area contributed by atoms with Crippen LogP contribution in [0.2, 0.25) is 0 Å². The summed E-state index contributed by atoms with van der Waals surface area (Å²) in [6.45, 7) is 8.03. The highest BCUT2D eigenvalue weighted by Gasteiger charge is 2.57. The molecule has 1 N–H and O–H groups in total. The van der Waals surface area contributed by atoms with E-state index in [1.165, 1.54) is 73.7 Å². The van der Waals surface area contributed by atoms with Crippen LogP contribution in [0.15, 0.2) is 131 Å². The van der Waals surface area contributed by atoms with Gasteiger partial charge in [0.2, 0.25) is 29.9 Å². The minimum Gasteiger partial charge on any atom is -0.504 e. The van der Waals surface area contributed by atoms with Gasteiger partial charge in [0.1, 0.15) is 35.2 Å². The minimum atomic E-state index is -2.16. The van der Waals surface area contributed by atoms with Gasteiger partial charge in [-0.25, -0.2) is 14.4 Å². The van der Waals surface area contributed by atoms with Crippen molar-refractivity contribution in [3.63, 3.8) is 0 Å². The quantitative estimate of drug-likeness (QED) is 0.0470. The number of hydrogen-bond acceptors (Lipinski definition) is 31. The van der Waals surface area contributed by atoms with Gasteiger partial charge in [0.05, 0.1) is 29.4 Å². The van der Waals surface area contributed by atoms with Crippen molar-refractivity contribution >= 4 is 76.6 Å². The van der Waals surface area contributed by atoms with E-state index in [1.54, 1.807) is 30.3 Å². The monoisotopic (exact) mass is 1390 g/mol. The molecule has 0 saturated carbocycles. The largest absolute Gasteiger partial charge is 0.504 e. The third-order valence-electron chi connectivity index (χ3n) is 14.8. The molecule has 100 heavy (non-hydrogen) atoms. The number of ether oxygens (including phenoxy) is 17. The first-order valence-electron chi connectivity index (χ1n) is 30.7. The van der Waals surface area contributed by atoms with E-state index in [0.717, 1.165) is 79.7 Å². The molecule has 3 saturated heterocycles. The lowest BCUT2D eigenvalue weighted by molar-refractivity contribution is -0.343. The summed E-state index contributed by atoms with van der Waals surface area (Å²) in [5.41, 5.74) is -2.10. The van der Waals surface area contributed by atoms with Gasteiger partial charge in [0.15, 0.2) is 72.4 Å².